The molecule has 0 N–H and O–H groups in total. The van der Waals surface area contributed by atoms with Crippen molar-refractivity contribution < 1.29 is 9.47 Å². The van der Waals surface area contributed by atoms with Crippen molar-refractivity contribution in [1.82, 2.24) is 0 Å². The second kappa shape index (κ2) is 4.77. The van der Waals surface area contributed by atoms with Gasteiger partial charge in [0.15, 0.2) is 0 Å². The number of nitriles is 1. The van der Waals surface area contributed by atoms with Gasteiger partial charge in [-0.15, -0.1) is 0 Å². The van der Waals surface area contributed by atoms with Crippen LogP contribution in [-0.4, -0.2) is 19.3 Å². The molecule has 0 radical (unpaired) electrons. The van der Waals surface area contributed by atoms with E-state index in [4.69, 9.17) is 14.7 Å². The quantitative estimate of drug-likeness (QED) is 0.799. The van der Waals surface area contributed by atoms with Crippen LogP contribution in [0.4, 0.5) is 0 Å². The molecule has 3 heteroatoms. The van der Waals surface area contributed by atoms with Gasteiger partial charge in [0, 0.05) is 0 Å². The Hall–Kier alpha value is -1.53. The predicted octanol–water partition coefficient (Wildman–Crippen LogP) is 2.56. The van der Waals surface area contributed by atoms with Crippen LogP contribution in [0.1, 0.15) is 19.4 Å². The summed E-state index contributed by atoms with van der Waals surface area (Å²) in [5.74, 6) is 0.875. The van der Waals surface area contributed by atoms with E-state index in [0.717, 1.165) is 17.7 Å². The lowest BCUT2D eigenvalue weighted by atomic mass is 9.81. The molecule has 1 aliphatic rings. The van der Waals surface area contributed by atoms with E-state index in [1.807, 2.05) is 38.1 Å². The molecule has 1 saturated heterocycles. The van der Waals surface area contributed by atoms with Crippen LogP contribution >= 0.6 is 0 Å². The van der Waals surface area contributed by atoms with Crippen LogP contribution < -0.4 is 4.74 Å². The zero-order valence-corrected chi connectivity index (χ0v) is 10.3. The summed E-state index contributed by atoms with van der Waals surface area (Å²) in [5.41, 5.74) is 0.853. The molecule has 0 aliphatic carbocycles. The molecule has 1 aliphatic heterocycles. The molecule has 0 saturated carbocycles. The Bertz CT molecular complexity index is 413. The summed E-state index contributed by atoms with van der Waals surface area (Å²) in [5, 5.41) is 9.12. The second-order valence-corrected chi connectivity index (χ2v) is 4.87. The third-order valence-electron chi connectivity index (χ3n) is 2.83. The first kappa shape index (κ1) is 11.9. The fourth-order valence-corrected chi connectivity index (χ4v) is 1.90. The Labute approximate surface area is 102 Å². The smallest absolute Gasteiger partial charge is 0.119 e. The fraction of sp³-hybridized carbons (Fsp3) is 0.500. The zero-order valence-electron chi connectivity index (χ0n) is 10.3. The normalized spacial score (nSPS) is 17.3. The minimum absolute atomic E-state index is 0.186. The lowest BCUT2D eigenvalue weighted by Crippen LogP contribution is -2.43. The van der Waals surface area contributed by atoms with Crippen LogP contribution in [0.5, 0.6) is 5.75 Å². The van der Waals surface area contributed by atoms with Crippen molar-refractivity contribution in [2.24, 2.45) is 5.41 Å². The summed E-state index contributed by atoms with van der Waals surface area (Å²) in [6.07, 6.45) is 0.942. The lowest BCUT2D eigenvalue weighted by Gasteiger charge is -2.35. The maximum atomic E-state index is 9.12. The Morgan fingerprint density at radius 2 is 2.00 bits per heavy atom. The largest absolute Gasteiger partial charge is 0.491 e. The summed E-state index contributed by atoms with van der Waals surface area (Å²) < 4.78 is 10.7. The van der Waals surface area contributed by atoms with Gasteiger partial charge < -0.3 is 9.47 Å². The van der Waals surface area contributed by atoms with Crippen molar-refractivity contribution in [1.29, 1.82) is 5.26 Å². The number of benzene rings is 1. The van der Waals surface area contributed by atoms with Gasteiger partial charge in [-0.25, -0.2) is 0 Å². The Morgan fingerprint density at radius 1 is 1.35 bits per heavy atom. The minimum Gasteiger partial charge on any atom is -0.491 e. The van der Waals surface area contributed by atoms with Crippen molar-refractivity contribution >= 4 is 0 Å². The zero-order chi connectivity index (χ0) is 12.3. The van der Waals surface area contributed by atoms with Crippen LogP contribution in [0.2, 0.25) is 0 Å². The van der Waals surface area contributed by atoms with Crippen LogP contribution in [-0.2, 0) is 11.2 Å². The molecular formula is C14H17NO2. The maximum Gasteiger partial charge on any atom is 0.119 e. The highest BCUT2D eigenvalue weighted by Crippen LogP contribution is 2.31. The first-order chi connectivity index (χ1) is 8.13. The molecule has 0 bridgehead atoms. The van der Waals surface area contributed by atoms with Gasteiger partial charge in [-0.1, -0.05) is 12.1 Å². The molecule has 0 atom stereocenters. The van der Waals surface area contributed by atoms with E-state index < -0.39 is 0 Å². The lowest BCUT2D eigenvalue weighted by molar-refractivity contribution is -0.0765. The van der Waals surface area contributed by atoms with Gasteiger partial charge in [0.1, 0.15) is 11.2 Å². The van der Waals surface area contributed by atoms with Gasteiger partial charge >= 0.3 is 0 Å². The van der Waals surface area contributed by atoms with Gasteiger partial charge in [0.05, 0.1) is 25.4 Å². The van der Waals surface area contributed by atoms with Crippen LogP contribution in [0, 0.1) is 16.7 Å². The Balaban J connectivity index is 2.01. The van der Waals surface area contributed by atoms with E-state index in [-0.39, 0.29) is 11.5 Å². The van der Waals surface area contributed by atoms with E-state index in [1.54, 1.807) is 0 Å². The Kier molecular flexibility index (Phi) is 3.35. The average Bonchev–Trinajstić information content (AvgIpc) is 2.25. The number of nitrogens with zero attached hydrogens (tertiary/aromatic N) is 1. The van der Waals surface area contributed by atoms with Gasteiger partial charge in [-0.3, -0.25) is 0 Å². The van der Waals surface area contributed by atoms with Crippen LogP contribution in [0.25, 0.3) is 0 Å². The topological polar surface area (TPSA) is 42.2 Å². The fourth-order valence-electron chi connectivity index (χ4n) is 1.90. The van der Waals surface area contributed by atoms with E-state index in [9.17, 15) is 0 Å². The maximum absolute atomic E-state index is 9.12. The molecule has 17 heavy (non-hydrogen) atoms. The summed E-state index contributed by atoms with van der Waals surface area (Å²) in [7, 11) is 0. The van der Waals surface area contributed by atoms with E-state index in [1.165, 1.54) is 0 Å². The molecule has 0 amide bonds. The summed E-state index contributed by atoms with van der Waals surface area (Å²) in [6.45, 7) is 5.11. The van der Waals surface area contributed by atoms with Crippen molar-refractivity contribution in [3.05, 3.63) is 29.8 Å². The van der Waals surface area contributed by atoms with Crippen LogP contribution in [0.15, 0.2) is 24.3 Å². The van der Waals surface area contributed by atoms with Crippen molar-refractivity contribution in [2.45, 2.75) is 26.4 Å². The molecule has 0 unspecified atom stereocenters. The van der Waals surface area contributed by atoms with Crippen molar-refractivity contribution in [3.63, 3.8) is 0 Å². The first-order valence-corrected chi connectivity index (χ1v) is 5.88. The molecule has 90 valence electrons. The molecule has 1 fully saturated rings. The number of rotatable bonds is 4. The highest BCUT2D eigenvalue weighted by molar-refractivity contribution is 5.29. The highest BCUT2D eigenvalue weighted by Gasteiger charge is 2.38. The summed E-state index contributed by atoms with van der Waals surface area (Å²) >= 11 is 0. The molecule has 1 heterocycles. The van der Waals surface area contributed by atoms with Gasteiger partial charge in [0.25, 0.3) is 0 Å². The molecule has 3 nitrogen and oxygen atoms in total. The Morgan fingerprint density at radius 3 is 2.41 bits per heavy atom. The SMILES string of the molecule is CC(C)Oc1ccc(CC2(C#N)COC2)cc1. The predicted molar refractivity (Wildman–Crippen MR) is 64.8 cm³/mol. The third-order valence-corrected chi connectivity index (χ3v) is 2.83. The molecule has 1 aromatic rings. The number of hydrogen-bond acceptors (Lipinski definition) is 3. The van der Waals surface area contributed by atoms with E-state index in [0.29, 0.717) is 13.2 Å². The molecule has 1 aromatic carbocycles. The summed E-state index contributed by atoms with van der Waals surface area (Å²) in [6, 6.07) is 10.3. The third kappa shape index (κ3) is 2.78. The highest BCUT2D eigenvalue weighted by atomic mass is 16.5. The molecule has 0 spiro atoms. The number of ether oxygens (including phenoxy) is 2. The average molecular weight is 231 g/mol. The first-order valence-electron chi connectivity index (χ1n) is 5.88. The van der Waals surface area contributed by atoms with Crippen molar-refractivity contribution in [2.75, 3.05) is 13.2 Å². The van der Waals surface area contributed by atoms with Crippen LogP contribution in [0.3, 0.4) is 0 Å². The van der Waals surface area contributed by atoms with E-state index >= 15 is 0 Å². The second-order valence-electron chi connectivity index (χ2n) is 4.87. The minimum atomic E-state index is -0.305. The van der Waals surface area contributed by atoms with Crippen molar-refractivity contribution in [3.8, 4) is 11.8 Å². The van der Waals surface area contributed by atoms with Gasteiger partial charge in [-0.2, -0.15) is 5.26 Å². The standard InChI is InChI=1S/C14H17NO2/c1-11(2)17-13-5-3-12(4-6-13)7-14(8-15)9-16-10-14/h3-6,11H,7,9-10H2,1-2H3. The van der Waals surface area contributed by atoms with Gasteiger partial charge in [0.2, 0.25) is 0 Å². The molecule has 2 rings (SSSR count). The van der Waals surface area contributed by atoms with E-state index in [2.05, 4.69) is 6.07 Å². The molecule has 0 aromatic heterocycles. The molecular weight excluding hydrogens is 214 g/mol. The summed E-state index contributed by atoms with van der Waals surface area (Å²) in [4.78, 5) is 0. The van der Waals surface area contributed by atoms with Gasteiger partial charge in [-0.05, 0) is 38.0 Å². The monoisotopic (exact) mass is 231 g/mol. The number of hydrogen-bond donors (Lipinski definition) is 0.